The Balaban J connectivity index is 3.86. The van der Waals surface area contributed by atoms with E-state index in [1.165, 1.54) is 26.4 Å². The normalized spacial score (nSPS) is 12.8. The molecule has 0 aromatic carbocycles. The Morgan fingerprint density at radius 2 is 1.94 bits per heavy atom. The fraction of sp³-hybridized carbons (Fsp3) is 0.923. The molecule has 0 aromatic heterocycles. The molecule has 96 valence electrons. The van der Waals surface area contributed by atoms with Crippen molar-refractivity contribution in [2.24, 2.45) is 5.92 Å². The Hall–Kier alpha value is -0.570. The molecule has 0 aliphatic heterocycles. The molecular formula is C13H27NO2. The van der Waals surface area contributed by atoms with Crippen LogP contribution in [-0.2, 0) is 9.53 Å². The van der Waals surface area contributed by atoms with Gasteiger partial charge in [0.05, 0.1) is 7.11 Å². The summed E-state index contributed by atoms with van der Waals surface area (Å²) >= 11 is 0. The Morgan fingerprint density at radius 3 is 2.44 bits per heavy atom. The number of ether oxygens (including phenoxy) is 1. The highest BCUT2D eigenvalue weighted by atomic mass is 16.5. The number of nitrogens with one attached hydrogen (secondary N) is 1. The van der Waals surface area contributed by atoms with Crippen molar-refractivity contribution in [3.63, 3.8) is 0 Å². The average Bonchev–Trinajstić information content (AvgIpc) is 2.27. The van der Waals surface area contributed by atoms with Crippen LogP contribution in [0, 0.1) is 5.92 Å². The molecule has 0 aliphatic carbocycles. The molecule has 3 nitrogen and oxygen atoms in total. The van der Waals surface area contributed by atoms with E-state index < -0.39 is 0 Å². The number of rotatable bonds is 9. The van der Waals surface area contributed by atoms with Crippen molar-refractivity contribution in [2.45, 2.75) is 58.9 Å². The predicted molar refractivity (Wildman–Crippen MR) is 67.4 cm³/mol. The molecule has 0 saturated heterocycles. The SMILES string of the molecule is CCCCCCC(NCC(C)C)C(=O)OC. The highest BCUT2D eigenvalue weighted by molar-refractivity contribution is 5.75. The van der Waals surface area contributed by atoms with Crippen LogP contribution in [0.25, 0.3) is 0 Å². The number of carbonyl (C=O) groups excluding carboxylic acids is 1. The molecular weight excluding hydrogens is 202 g/mol. The monoisotopic (exact) mass is 229 g/mol. The minimum absolute atomic E-state index is 0.121. The molecule has 0 rings (SSSR count). The van der Waals surface area contributed by atoms with Crippen LogP contribution in [0.4, 0.5) is 0 Å². The van der Waals surface area contributed by atoms with Crippen LogP contribution in [0.15, 0.2) is 0 Å². The van der Waals surface area contributed by atoms with Gasteiger partial charge in [0.2, 0.25) is 0 Å². The van der Waals surface area contributed by atoms with Gasteiger partial charge in [-0.05, 0) is 18.9 Å². The Bertz CT molecular complexity index is 181. The van der Waals surface area contributed by atoms with Gasteiger partial charge in [-0.1, -0.05) is 46.5 Å². The average molecular weight is 229 g/mol. The van der Waals surface area contributed by atoms with Crippen molar-refractivity contribution in [1.82, 2.24) is 5.32 Å². The second kappa shape index (κ2) is 9.64. The first kappa shape index (κ1) is 15.4. The van der Waals surface area contributed by atoms with E-state index in [9.17, 15) is 4.79 Å². The van der Waals surface area contributed by atoms with Crippen molar-refractivity contribution in [3.8, 4) is 0 Å². The van der Waals surface area contributed by atoms with Gasteiger partial charge in [0.25, 0.3) is 0 Å². The van der Waals surface area contributed by atoms with Gasteiger partial charge in [0.1, 0.15) is 6.04 Å². The minimum Gasteiger partial charge on any atom is -0.468 e. The third-order valence-electron chi connectivity index (χ3n) is 2.60. The maximum atomic E-state index is 11.5. The molecule has 0 heterocycles. The third-order valence-corrected chi connectivity index (χ3v) is 2.60. The van der Waals surface area contributed by atoms with Crippen molar-refractivity contribution >= 4 is 5.97 Å². The van der Waals surface area contributed by atoms with Gasteiger partial charge < -0.3 is 10.1 Å². The molecule has 16 heavy (non-hydrogen) atoms. The molecule has 3 heteroatoms. The molecule has 0 amide bonds. The molecule has 0 aromatic rings. The summed E-state index contributed by atoms with van der Waals surface area (Å²) in [5, 5.41) is 3.27. The predicted octanol–water partition coefficient (Wildman–Crippen LogP) is 2.74. The van der Waals surface area contributed by atoms with E-state index in [1.54, 1.807) is 0 Å². The molecule has 1 unspecified atom stereocenters. The zero-order valence-electron chi connectivity index (χ0n) is 11.2. The van der Waals surface area contributed by atoms with E-state index in [1.807, 2.05) is 0 Å². The lowest BCUT2D eigenvalue weighted by molar-refractivity contribution is -0.143. The van der Waals surface area contributed by atoms with Gasteiger partial charge in [0.15, 0.2) is 0 Å². The first-order chi connectivity index (χ1) is 7.61. The maximum absolute atomic E-state index is 11.5. The number of methoxy groups -OCH3 is 1. The number of hydrogen-bond donors (Lipinski definition) is 1. The topological polar surface area (TPSA) is 38.3 Å². The van der Waals surface area contributed by atoms with Gasteiger partial charge in [-0.15, -0.1) is 0 Å². The smallest absolute Gasteiger partial charge is 0.322 e. The zero-order valence-corrected chi connectivity index (χ0v) is 11.2. The molecule has 0 saturated carbocycles. The molecule has 1 N–H and O–H groups in total. The summed E-state index contributed by atoms with van der Waals surface area (Å²) in [4.78, 5) is 11.5. The second-order valence-electron chi connectivity index (χ2n) is 4.73. The first-order valence-electron chi connectivity index (χ1n) is 6.43. The fourth-order valence-corrected chi connectivity index (χ4v) is 1.60. The summed E-state index contributed by atoms with van der Waals surface area (Å²) in [5.74, 6) is 0.431. The number of carbonyl (C=O) groups is 1. The maximum Gasteiger partial charge on any atom is 0.322 e. The molecule has 0 radical (unpaired) electrons. The van der Waals surface area contributed by atoms with E-state index in [4.69, 9.17) is 4.74 Å². The summed E-state index contributed by atoms with van der Waals surface area (Å²) in [5.41, 5.74) is 0. The Kier molecular flexibility index (Phi) is 9.30. The molecule has 0 bridgehead atoms. The highest BCUT2D eigenvalue weighted by Crippen LogP contribution is 2.07. The van der Waals surface area contributed by atoms with Crippen molar-refractivity contribution in [3.05, 3.63) is 0 Å². The van der Waals surface area contributed by atoms with Crippen LogP contribution in [0.5, 0.6) is 0 Å². The summed E-state index contributed by atoms with van der Waals surface area (Å²) in [6, 6.07) is -0.121. The van der Waals surface area contributed by atoms with E-state index in [-0.39, 0.29) is 12.0 Å². The van der Waals surface area contributed by atoms with E-state index in [0.29, 0.717) is 5.92 Å². The van der Waals surface area contributed by atoms with Crippen LogP contribution < -0.4 is 5.32 Å². The molecule has 0 aliphatic rings. The Morgan fingerprint density at radius 1 is 1.25 bits per heavy atom. The molecule has 0 spiro atoms. The number of esters is 1. The second-order valence-corrected chi connectivity index (χ2v) is 4.73. The van der Waals surface area contributed by atoms with Gasteiger partial charge in [-0.3, -0.25) is 4.79 Å². The molecule has 0 fully saturated rings. The van der Waals surface area contributed by atoms with Gasteiger partial charge in [-0.25, -0.2) is 0 Å². The summed E-state index contributed by atoms with van der Waals surface area (Å²) in [6.45, 7) is 7.33. The third kappa shape index (κ3) is 7.69. The van der Waals surface area contributed by atoms with Crippen LogP contribution in [0.3, 0.4) is 0 Å². The lowest BCUT2D eigenvalue weighted by Gasteiger charge is -2.17. The van der Waals surface area contributed by atoms with Gasteiger partial charge >= 0.3 is 5.97 Å². The fourth-order valence-electron chi connectivity index (χ4n) is 1.60. The van der Waals surface area contributed by atoms with Crippen LogP contribution in [-0.4, -0.2) is 25.7 Å². The van der Waals surface area contributed by atoms with E-state index in [2.05, 4.69) is 26.1 Å². The first-order valence-corrected chi connectivity index (χ1v) is 6.43. The minimum atomic E-state index is -0.128. The Labute approximate surface area is 99.9 Å². The van der Waals surface area contributed by atoms with E-state index in [0.717, 1.165) is 19.4 Å². The summed E-state index contributed by atoms with van der Waals surface area (Å²) < 4.78 is 4.80. The number of hydrogen-bond acceptors (Lipinski definition) is 3. The zero-order chi connectivity index (χ0) is 12.4. The van der Waals surface area contributed by atoms with Gasteiger partial charge in [-0.2, -0.15) is 0 Å². The lowest BCUT2D eigenvalue weighted by Crippen LogP contribution is -2.39. The van der Waals surface area contributed by atoms with Crippen LogP contribution >= 0.6 is 0 Å². The summed E-state index contributed by atoms with van der Waals surface area (Å²) in [6.07, 6.45) is 5.66. The molecule has 1 atom stereocenters. The van der Waals surface area contributed by atoms with Crippen LogP contribution in [0.1, 0.15) is 52.9 Å². The largest absolute Gasteiger partial charge is 0.468 e. The quantitative estimate of drug-likeness (QED) is 0.488. The summed E-state index contributed by atoms with van der Waals surface area (Å²) in [7, 11) is 1.46. The highest BCUT2D eigenvalue weighted by Gasteiger charge is 2.17. The van der Waals surface area contributed by atoms with E-state index >= 15 is 0 Å². The van der Waals surface area contributed by atoms with Crippen molar-refractivity contribution in [2.75, 3.05) is 13.7 Å². The van der Waals surface area contributed by atoms with Crippen LogP contribution in [0.2, 0.25) is 0 Å². The lowest BCUT2D eigenvalue weighted by atomic mass is 10.1. The standard InChI is InChI=1S/C13H27NO2/c1-5-6-7-8-9-12(13(15)16-4)14-10-11(2)3/h11-12,14H,5-10H2,1-4H3. The van der Waals surface area contributed by atoms with Crippen molar-refractivity contribution in [1.29, 1.82) is 0 Å². The number of unbranched alkanes of at least 4 members (excludes halogenated alkanes) is 3. The van der Waals surface area contributed by atoms with Gasteiger partial charge in [0, 0.05) is 0 Å². The van der Waals surface area contributed by atoms with Crippen molar-refractivity contribution < 1.29 is 9.53 Å².